The van der Waals surface area contributed by atoms with Crippen LogP contribution in [0.2, 0.25) is 0 Å². The molecule has 0 aliphatic carbocycles. The smallest absolute Gasteiger partial charge is 0.0593 e. The Hall–Kier alpha value is -0.900. The van der Waals surface area contributed by atoms with Crippen molar-refractivity contribution in [3.63, 3.8) is 0 Å². The normalized spacial score (nSPS) is 17.6. The highest BCUT2D eigenvalue weighted by Crippen LogP contribution is 2.28. The molecule has 0 unspecified atom stereocenters. The number of hydrogen-bond donors (Lipinski definition) is 1. The van der Waals surface area contributed by atoms with Crippen molar-refractivity contribution in [2.24, 2.45) is 5.41 Å². The fourth-order valence-electron chi connectivity index (χ4n) is 3.34. The molecule has 1 aliphatic heterocycles. The SMILES string of the molecule is CC(C)(C)COCCN1CCC(c2ccc(CNC(C)(C)C)cc2)CC1. The molecule has 0 radical (unpaired) electrons. The van der Waals surface area contributed by atoms with Gasteiger partial charge in [0, 0.05) is 18.6 Å². The van der Waals surface area contributed by atoms with Gasteiger partial charge in [-0.15, -0.1) is 0 Å². The molecule has 3 nitrogen and oxygen atoms in total. The molecule has 0 saturated carbocycles. The predicted molar refractivity (Wildman–Crippen MR) is 112 cm³/mol. The highest BCUT2D eigenvalue weighted by Gasteiger charge is 2.20. The summed E-state index contributed by atoms with van der Waals surface area (Å²) in [5.74, 6) is 0.714. The van der Waals surface area contributed by atoms with Gasteiger partial charge in [-0.3, -0.25) is 0 Å². The molecule has 1 aromatic rings. The fourth-order valence-corrected chi connectivity index (χ4v) is 3.34. The Kier molecular flexibility index (Phi) is 7.69. The van der Waals surface area contributed by atoms with E-state index in [9.17, 15) is 0 Å². The van der Waals surface area contributed by atoms with Gasteiger partial charge < -0.3 is 15.0 Å². The second-order valence-electron chi connectivity index (χ2n) is 10.1. The van der Waals surface area contributed by atoms with E-state index in [0.717, 1.165) is 26.3 Å². The molecule has 0 bridgehead atoms. The van der Waals surface area contributed by atoms with Crippen LogP contribution in [0.15, 0.2) is 24.3 Å². The van der Waals surface area contributed by atoms with Crippen molar-refractivity contribution in [2.75, 3.05) is 32.8 Å². The van der Waals surface area contributed by atoms with Crippen molar-refractivity contribution < 1.29 is 4.74 Å². The number of hydrogen-bond acceptors (Lipinski definition) is 3. The van der Waals surface area contributed by atoms with Crippen LogP contribution in [-0.2, 0) is 11.3 Å². The van der Waals surface area contributed by atoms with Crippen LogP contribution in [0, 0.1) is 5.41 Å². The summed E-state index contributed by atoms with van der Waals surface area (Å²) in [6, 6.07) is 9.26. The predicted octanol–water partition coefficient (Wildman–Crippen LogP) is 4.82. The Bertz CT molecular complexity index is 517. The summed E-state index contributed by atoms with van der Waals surface area (Å²) in [6.45, 7) is 19.4. The van der Waals surface area contributed by atoms with Crippen molar-refractivity contribution in [3.8, 4) is 0 Å². The van der Waals surface area contributed by atoms with Crippen LogP contribution < -0.4 is 5.32 Å². The van der Waals surface area contributed by atoms with E-state index in [4.69, 9.17) is 4.74 Å². The number of piperidine rings is 1. The molecule has 1 aliphatic rings. The number of nitrogens with zero attached hydrogens (tertiary/aromatic N) is 1. The molecule has 1 saturated heterocycles. The number of benzene rings is 1. The molecular formula is C23H40N2O. The summed E-state index contributed by atoms with van der Waals surface area (Å²) in [5, 5.41) is 3.56. The summed E-state index contributed by atoms with van der Waals surface area (Å²) in [5.41, 5.74) is 3.31. The minimum Gasteiger partial charge on any atom is -0.380 e. The van der Waals surface area contributed by atoms with Crippen molar-refractivity contribution in [1.82, 2.24) is 10.2 Å². The van der Waals surface area contributed by atoms with Gasteiger partial charge in [0.2, 0.25) is 0 Å². The van der Waals surface area contributed by atoms with Gasteiger partial charge in [-0.2, -0.15) is 0 Å². The van der Waals surface area contributed by atoms with E-state index in [1.54, 1.807) is 0 Å². The average Bonchev–Trinajstić information content (AvgIpc) is 2.57. The zero-order valence-electron chi connectivity index (χ0n) is 17.9. The van der Waals surface area contributed by atoms with Crippen LogP contribution >= 0.6 is 0 Å². The average molecular weight is 361 g/mol. The maximum atomic E-state index is 5.82. The highest BCUT2D eigenvalue weighted by molar-refractivity contribution is 5.26. The topological polar surface area (TPSA) is 24.5 Å². The molecule has 2 rings (SSSR count). The minimum atomic E-state index is 0.169. The van der Waals surface area contributed by atoms with Crippen LogP contribution in [0.1, 0.15) is 71.4 Å². The lowest BCUT2D eigenvalue weighted by Gasteiger charge is -2.32. The van der Waals surface area contributed by atoms with Gasteiger partial charge >= 0.3 is 0 Å². The second kappa shape index (κ2) is 9.34. The summed E-state index contributed by atoms with van der Waals surface area (Å²) < 4.78 is 5.82. The third-order valence-electron chi connectivity index (χ3n) is 4.95. The zero-order valence-corrected chi connectivity index (χ0v) is 17.9. The van der Waals surface area contributed by atoms with E-state index in [1.807, 2.05) is 0 Å². The monoisotopic (exact) mass is 360 g/mol. The summed E-state index contributed by atoms with van der Waals surface area (Å²) in [6.07, 6.45) is 2.53. The van der Waals surface area contributed by atoms with E-state index < -0.39 is 0 Å². The van der Waals surface area contributed by atoms with Crippen LogP contribution in [0.25, 0.3) is 0 Å². The lowest BCUT2D eigenvalue weighted by molar-refractivity contribution is 0.0501. The zero-order chi connectivity index (χ0) is 19.2. The van der Waals surface area contributed by atoms with Crippen LogP contribution in [0.4, 0.5) is 0 Å². The van der Waals surface area contributed by atoms with E-state index >= 15 is 0 Å². The van der Waals surface area contributed by atoms with E-state index in [-0.39, 0.29) is 11.0 Å². The maximum absolute atomic E-state index is 5.82. The number of ether oxygens (including phenoxy) is 1. The summed E-state index contributed by atoms with van der Waals surface area (Å²) in [7, 11) is 0. The lowest BCUT2D eigenvalue weighted by atomic mass is 9.89. The van der Waals surface area contributed by atoms with Gasteiger partial charge in [-0.05, 0) is 69.2 Å². The molecule has 0 atom stereocenters. The molecular weight excluding hydrogens is 320 g/mol. The maximum Gasteiger partial charge on any atom is 0.0593 e. The highest BCUT2D eigenvalue weighted by atomic mass is 16.5. The van der Waals surface area contributed by atoms with Crippen LogP contribution in [0.5, 0.6) is 0 Å². The Morgan fingerprint density at radius 1 is 1.00 bits per heavy atom. The molecule has 0 spiro atoms. The molecule has 1 fully saturated rings. The number of nitrogens with one attached hydrogen (secondary N) is 1. The largest absolute Gasteiger partial charge is 0.380 e. The molecule has 1 aromatic carbocycles. The Morgan fingerprint density at radius 2 is 1.62 bits per heavy atom. The Labute approximate surface area is 161 Å². The molecule has 1 N–H and O–H groups in total. The third-order valence-corrected chi connectivity index (χ3v) is 4.95. The first-order chi connectivity index (χ1) is 12.1. The molecule has 3 heteroatoms. The quantitative estimate of drug-likeness (QED) is 0.706. The van der Waals surface area contributed by atoms with Crippen molar-refractivity contribution in [3.05, 3.63) is 35.4 Å². The van der Waals surface area contributed by atoms with E-state index in [0.29, 0.717) is 5.92 Å². The Balaban J connectivity index is 1.70. The van der Waals surface area contributed by atoms with Crippen molar-refractivity contribution in [2.45, 2.75) is 72.4 Å². The third kappa shape index (κ3) is 8.20. The first-order valence-corrected chi connectivity index (χ1v) is 10.3. The van der Waals surface area contributed by atoms with Gasteiger partial charge in [0.25, 0.3) is 0 Å². The van der Waals surface area contributed by atoms with Gasteiger partial charge in [0.05, 0.1) is 13.2 Å². The number of likely N-dealkylation sites (tertiary alicyclic amines) is 1. The number of rotatable bonds is 7. The van der Waals surface area contributed by atoms with Crippen LogP contribution in [-0.4, -0.2) is 43.3 Å². The molecule has 0 amide bonds. The Morgan fingerprint density at radius 3 is 2.15 bits per heavy atom. The summed E-state index contributed by atoms with van der Waals surface area (Å²) >= 11 is 0. The van der Waals surface area contributed by atoms with Gasteiger partial charge in [-0.1, -0.05) is 45.0 Å². The minimum absolute atomic E-state index is 0.169. The molecule has 26 heavy (non-hydrogen) atoms. The first kappa shape index (κ1) is 21.4. The van der Waals surface area contributed by atoms with Gasteiger partial charge in [-0.25, -0.2) is 0 Å². The van der Waals surface area contributed by atoms with Gasteiger partial charge in [0.15, 0.2) is 0 Å². The first-order valence-electron chi connectivity index (χ1n) is 10.3. The second-order valence-corrected chi connectivity index (χ2v) is 10.1. The molecule has 1 heterocycles. The standard InChI is InChI=1S/C23H40N2O/c1-22(2,3)18-26-16-15-25-13-11-21(12-14-25)20-9-7-19(8-10-20)17-24-23(4,5)6/h7-10,21,24H,11-18H2,1-6H3. The summed E-state index contributed by atoms with van der Waals surface area (Å²) in [4.78, 5) is 2.56. The van der Waals surface area contributed by atoms with Crippen LogP contribution in [0.3, 0.4) is 0 Å². The van der Waals surface area contributed by atoms with Crippen molar-refractivity contribution in [1.29, 1.82) is 0 Å². The van der Waals surface area contributed by atoms with E-state index in [2.05, 4.69) is 76.0 Å². The van der Waals surface area contributed by atoms with Crippen molar-refractivity contribution >= 4 is 0 Å². The lowest BCUT2D eigenvalue weighted by Crippen LogP contribution is -2.36. The van der Waals surface area contributed by atoms with E-state index in [1.165, 1.54) is 37.1 Å². The van der Waals surface area contributed by atoms with Gasteiger partial charge in [0.1, 0.15) is 0 Å². The molecule has 148 valence electrons. The fraction of sp³-hybridized carbons (Fsp3) is 0.739. The molecule has 0 aromatic heterocycles.